The summed E-state index contributed by atoms with van der Waals surface area (Å²) in [6.45, 7) is 11.5. The topological polar surface area (TPSA) is 63.6 Å². The molecule has 2 aromatic carbocycles. The van der Waals surface area contributed by atoms with Gasteiger partial charge in [0.1, 0.15) is 0 Å². The summed E-state index contributed by atoms with van der Waals surface area (Å²) in [5, 5.41) is 9.21. The Kier molecular flexibility index (Phi) is 7.50. The minimum atomic E-state index is -0.985. The summed E-state index contributed by atoms with van der Waals surface area (Å²) < 4.78 is 4.85. The molecule has 2 unspecified atom stereocenters. The molecule has 4 nitrogen and oxygen atoms in total. The van der Waals surface area contributed by atoms with Crippen LogP contribution in [0.15, 0.2) is 72.3 Å². The monoisotopic (exact) mass is 460 g/mol. The quantitative estimate of drug-likeness (QED) is 0.280. The molecule has 34 heavy (non-hydrogen) atoms. The number of rotatable bonds is 7. The summed E-state index contributed by atoms with van der Waals surface area (Å²) in [4.78, 5) is 23.3. The first-order valence-corrected chi connectivity index (χ1v) is 11.8. The molecule has 3 rings (SSSR count). The number of ether oxygens (including phenoxy) is 1. The summed E-state index contributed by atoms with van der Waals surface area (Å²) in [7, 11) is 1.36. The zero-order valence-corrected chi connectivity index (χ0v) is 21.1. The van der Waals surface area contributed by atoms with Gasteiger partial charge in [-0.3, -0.25) is 0 Å². The highest BCUT2D eigenvalue weighted by Gasteiger charge is 2.44. The highest BCUT2D eigenvalue weighted by Crippen LogP contribution is 2.51. The molecule has 0 saturated carbocycles. The third-order valence-electron chi connectivity index (χ3n) is 7.39. The molecule has 0 heterocycles. The fourth-order valence-corrected chi connectivity index (χ4v) is 5.42. The molecule has 4 heteroatoms. The molecule has 0 saturated heterocycles. The maximum atomic E-state index is 12.0. The Morgan fingerprint density at radius 1 is 1.09 bits per heavy atom. The normalized spacial score (nSPS) is 19.9. The van der Waals surface area contributed by atoms with Gasteiger partial charge in [0.25, 0.3) is 0 Å². The Balaban J connectivity index is 1.94. The summed E-state index contributed by atoms with van der Waals surface area (Å²) >= 11 is 0. The van der Waals surface area contributed by atoms with Crippen LogP contribution in [0.3, 0.4) is 0 Å². The predicted molar refractivity (Wildman–Crippen MR) is 136 cm³/mol. The second-order valence-electron chi connectivity index (χ2n) is 10.5. The number of esters is 1. The minimum absolute atomic E-state index is 0.0100. The van der Waals surface area contributed by atoms with Crippen molar-refractivity contribution in [3.05, 3.63) is 94.6 Å². The number of benzene rings is 2. The van der Waals surface area contributed by atoms with Crippen LogP contribution in [-0.2, 0) is 20.4 Å². The Morgan fingerprint density at radius 2 is 1.76 bits per heavy atom. The third kappa shape index (κ3) is 5.32. The molecule has 180 valence electrons. The lowest BCUT2D eigenvalue weighted by atomic mass is 9.56. The van der Waals surface area contributed by atoms with Gasteiger partial charge in [0.05, 0.1) is 12.7 Å². The van der Waals surface area contributed by atoms with E-state index in [1.807, 2.05) is 12.1 Å². The van der Waals surface area contributed by atoms with E-state index in [1.165, 1.54) is 29.9 Å². The van der Waals surface area contributed by atoms with Crippen LogP contribution in [0.2, 0.25) is 0 Å². The van der Waals surface area contributed by atoms with E-state index < -0.39 is 11.9 Å². The number of carbonyl (C=O) groups is 2. The van der Waals surface area contributed by atoms with Crippen molar-refractivity contribution >= 4 is 11.9 Å². The smallest absolute Gasteiger partial charge is 0.337 e. The number of carboxylic acid groups (broad SMARTS) is 1. The lowest BCUT2D eigenvalue weighted by molar-refractivity contribution is -0.131. The van der Waals surface area contributed by atoms with Gasteiger partial charge in [0, 0.05) is 12.0 Å². The lowest BCUT2D eigenvalue weighted by Gasteiger charge is -2.48. The van der Waals surface area contributed by atoms with E-state index in [0.29, 0.717) is 17.9 Å². The first kappa shape index (κ1) is 25.5. The standard InChI is InChI=1S/C30H36O4/c1-20(26-19-29(2,3)24-12-7-8-13-25(24)30(26,4)5)14-15-21(16-17-27(31)32)22-10-9-11-23(18-22)28(33)34-6/h7-14,16-18,21,26H,15,19H2,1-6H3,(H,31,32)/b17-16-,20-14+. The fourth-order valence-electron chi connectivity index (χ4n) is 5.42. The van der Waals surface area contributed by atoms with Gasteiger partial charge in [-0.25, -0.2) is 9.59 Å². The average molecular weight is 461 g/mol. The maximum absolute atomic E-state index is 12.0. The van der Waals surface area contributed by atoms with Crippen molar-refractivity contribution in [1.29, 1.82) is 0 Å². The van der Waals surface area contributed by atoms with E-state index in [2.05, 4.69) is 65.0 Å². The number of methoxy groups -OCH3 is 1. The van der Waals surface area contributed by atoms with Gasteiger partial charge in [-0.1, -0.05) is 81.8 Å². The number of hydrogen-bond donors (Lipinski definition) is 1. The van der Waals surface area contributed by atoms with E-state index in [1.54, 1.807) is 18.2 Å². The van der Waals surface area contributed by atoms with Gasteiger partial charge in [-0.15, -0.1) is 0 Å². The van der Waals surface area contributed by atoms with Crippen molar-refractivity contribution in [3.63, 3.8) is 0 Å². The fraction of sp³-hybridized carbons (Fsp3) is 0.400. The molecule has 0 amide bonds. The van der Waals surface area contributed by atoms with Gasteiger partial charge < -0.3 is 9.84 Å². The molecule has 1 aliphatic carbocycles. The summed E-state index contributed by atoms with van der Waals surface area (Å²) in [6, 6.07) is 16.0. The molecule has 1 aliphatic rings. The molecule has 0 bridgehead atoms. The Bertz CT molecular complexity index is 1120. The lowest BCUT2D eigenvalue weighted by Crippen LogP contribution is -2.42. The van der Waals surface area contributed by atoms with Crippen LogP contribution < -0.4 is 0 Å². The Morgan fingerprint density at radius 3 is 2.41 bits per heavy atom. The predicted octanol–water partition coefficient (Wildman–Crippen LogP) is 6.81. The summed E-state index contributed by atoms with van der Waals surface area (Å²) in [6.07, 6.45) is 6.83. The first-order chi connectivity index (χ1) is 16.0. The second-order valence-corrected chi connectivity index (χ2v) is 10.5. The van der Waals surface area contributed by atoms with E-state index in [4.69, 9.17) is 4.74 Å². The van der Waals surface area contributed by atoms with E-state index >= 15 is 0 Å². The molecule has 0 radical (unpaired) electrons. The van der Waals surface area contributed by atoms with Crippen molar-refractivity contribution in [2.45, 2.75) is 64.2 Å². The first-order valence-electron chi connectivity index (χ1n) is 11.8. The van der Waals surface area contributed by atoms with Crippen LogP contribution >= 0.6 is 0 Å². The highest BCUT2D eigenvalue weighted by molar-refractivity contribution is 5.89. The van der Waals surface area contributed by atoms with Crippen molar-refractivity contribution < 1.29 is 19.4 Å². The number of carboxylic acids is 1. The molecule has 2 aromatic rings. The number of aliphatic carboxylic acids is 1. The molecule has 1 N–H and O–H groups in total. The molecular formula is C30H36O4. The SMILES string of the molecule is COC(=O)c1cccc(C(/C=C\C(=O)O)C/C=C(\C)C2CC(C)(C)c3ccccc3C2(C)C)c1. The Hall–Kier alpha value is -3.14. The van der Waals surface area contributed by atoms with Crippen molar-refractivity contribution in [1.82, 2.24) is 0 Å². The molecule has 0 spiro atoms. The largest absolute Gasteiger partial charge is 0.478 e. The van der Waals surface area contributed by atoms with Gasteiger partial charge in [0.2, 0.25) is 0 Å². The van der Waals surface area contributed by atoms with Crippen LogP contribution in [-0.4, -0.2) is 24.2 Å². The maximum Gasteiger partial charge on any atom is 0.337 e. The molecule has 2 atom stereocenters. The van der Waals surface area contributed by atoms with Gasteiger partial charge in [-0.2, -0.15) is 0 Å². The number of allylic oxidation sites excluding steroid dienone is 3. The number of fused-ring (bicyclic) bond motifs is 1. The summed E-state index contributed by atoms with van der Waals surface area (Å²) in [5.74, 6) is -1.19. The molecule has 0 aliphatic heterocycles. The van der Waals surface area contributed by atoms with E-state index in [9.17, 15) is 14.7 Å². The third-order valence-corrected chi connectivity index (χ3v) is 7.39. The highest BCUT2D eigenvalue weighted by atomic mass is 16.5. The van der Waals surface area contributed by atoms with Crippen LogP contribution in [0, 0.1) is 5.92 Å². The van der Waals surface area contributed by atoms with Crippen molar-refractivity contribution in [2.24, 2.45) is 5.92 Å². The van der Waals surface area contributed by atoms with Crippen LogP contribution in [0.25, 0.3) is 0 Å². The van der Waals surface area contributed by atoms with Gasteiger partial charge in [0.15, 0.2) is 0 Å². The minimum Gasteiger partial charge on any atom is -0.478 e. The average Bonchev–Trinajstić information content (AvgIpc) is 2.81. The van der Waals surface area contributed by atoms with Crippen molar-refractivity contribution in [2.75, 3.05) is 7.11 Å². The molecular weight excluding hydrogens is 424 g/mol. The van der Waals surface area contributed by atoms with Gasteiger partial charge >= 0.3 is 11.9 Å². The number of hydrogen-bond acceptors (Lipinski definition) is 3. The molecule has 0 aromatic heterocycles. The zero-order chi connectivity index (χ0) is 25.1. The van der Waals surface area contributed by atoms with Gasteiger partial charge in [-0.05, 0) is 65.3 Å². The van der Waals surface area contributed by atoms with Crippen molar-refractivity contribution in [3.8, 4) is 0 Å². The van der Waals surface area contributed by atoms with Crippen LogP contribution in [0.1, 0.15) is 80.4 Å². The zero-order valence-electron chi connectivity index (χ0n) is 21.1. The second kappa shape index (κ2) is 10.0. The Labute approximate surface area is 203 Å². The number of carbonyl (C=O) groups excluding carboxylic acids is 1. The summed E-state index contributed by atoms with van der Waals surface area (Å²) in [5.41, 5.74) is 5.54. The van der Waals surface area contributed by atoms with Crippen LogP contribution in [0.4, 0.5) is 0 Å². The molecule has 0 fully saturated rings. The van der Waals surface area contributed by atoms with E-state index in [-0.39, 0.29) is 16.7 Å². The van der Waals surface area contributed by atoms with Crippen LogP contribution in [0.5, 0.6) is 0 Å². The van der Waals surface area contributed by atoms with E-state index in [0.717, 1.165) is 12.0 Å².